The molecular formula is C40H49N7O4S. The number of hydrogen-bond acceptors (Lipinski definition) is 10. The first-order valence-electron chi connectivity index (χ1n) is 18.0. The number of aryl methyl sites for hydroxylation is 1. The summed E-state index contributed by atoms with van der Waals surface area (Å²) >= 11 is 1.70. The highest BCUT2D eigenvalue weighted by molar-refractivity contribution is 7.99. The van der Waals surface area contributed by atoms with Crippen LogP contribution in [-0.4, -0.2) is 104 Å². The molecule has 12 heteroatoms. The van der Waals surface area contributed by atoms with E-state index >= 15 is 0 Å². The van der Waals surface area contributed by atoms with Gasteiger partial charge in [-0.25, -0.2) is 14.8 Å². The number of morpholine rings is 1. The van der Waals surface area contributed by atoms with Gasteiger partial charge < -0.3 is 35.2 Å². The molecule has 2 saturated heterocycles. The second kappa shape index (κ2) is 18.3. The van der Waals surface area contributed by atoms with Crippen LogP contribution in [0.25, 0.3) is 0 Å². The van der Waals surface area contributed by atoms with Crippen LogP contribution in [0, 0.1) is 0 Å². The first-order chi connectivity index (χ1) is 25.4. The number of carbonyl (C=O) groups excluding carboxylic acids is 2. The zero-order valence-corrected chi connectivity index (χ0v) is 30.9. The number of aromatic nitrogens is 2. The van der Waals surface area contributed by atoms with Crippen molar-refractivity contribution in [3.8, 4) is 0 Å². The van der Waals surface area contributed by atoms with Crippen molar-refractivity contribution < 1.29 is 19.1 Å². The smallest absolute Gasteiger partial charge is 0.407 e. The van der Waals surface area contributed by atoms with Crippen molar-refractivity contribution in [2.45, 2.75) is 55.0 Å². The molecule has 4 aromatic rings. The number of rotatable bonds is 13. The number of carbonyl (C=O) groups is 2. The van der Waals surface area contributed by atoms with Crippen molar-refractivity contribution in [1.29, 1.82) is 0 Å². The molecule has 3 N–H and O–H groups in total. The van der Waals surface area contributed by atoms with Gasteiger partial charge in [-0.2, -0.15) is 0 Å². The topological polar surface area (TPSA) is 121 Å². The van der Waals surface area contributed by atoms with Crippen LogP contribution >= 0.6 is 11.8 Å². The SMILES string of the molecule is COC(=O)NC(C(=O)Nc1ccccc1CC[C@@H]1CN[C@H](C)[C@@H](CSc2cc(N3CCN(C)CC3)ncn2)O1)C(c1ccccc1)c1ccccc1. The fourth-order valence-corrected chi connectivity index (χ4v) is 7.78. The van der Waals surface area contributed by atoms with Gasteiger partial charge in [0.2, 0.25) is 5.91 Å². The summed E-state index contributed by atoms with van der Waals surface area (Å²) in [5.74, 6) is 0.966. The van der Waals surface area contributed by atoms with E-state index in [1.54, 1.807) is 18.1 Å². The largest absolute Gasteiger partial charge is 0.453 e. The van der Waals surface area contributed by atoms with E-state index in [0.717, 1.165) is 72.4 Å². The fourth-order valence-electron chi connectivity index (χ4n) is 6.77. The number of nitrogens with zero attached hydrogens (tertiary/aromatic N) is 4. The first kappa shape index (κ1) is 37.3. The molecule has 0 radical (unpaired) electrons. The maximum Gasteiger partial charge on any atom is 0.407 e. The van der Waals surface area contributed by atoms with Gasteiger partial charge in [-0.05, 0) is 49.6 Å². The van der Waals surface area contributed by atoms with Gasteiger partial charge in [-0.15, -0.1) is 11.8 Å². The summed E-state index contributed by atoms with van der Waals surface area (Å²) in [5.41, 5.74) is 3.50. The number of piperazine rings is 1. The third-order valence-corrected chi connectivity index (χ3v) is 10.9. The van der Waals surface area contributed by atoms with E-state index in [-0.39, 0.29) is 24.2 Å². The van der Waals surface area contributed by atoms with E-state index in [0.29, 0.717) is 12.1 Å². The third kappa shape index (κ3) is 9.88. The lowest BCUT2D eigenvalue weighted by Crippen LogP contribution is -2.52. The summed E-state index contributed by atoms with van der Waals surface area (Å²) in [6, 6.07) is 28.6. The molecule has 3 aromatic carbocycles. The number of thioether (sulfide) groups is 1. The minimum absolute atomic E-state index is 0.00568. The Kier molecular flexibility index (Phi) is 13.1. The van der Waals surface area contributed by atoms with Crippen molar-refractivity contribution in [3.05, 3.63) is 114 Å². The number of nitrogens with one attached hydrogen (secondary N) is 3. The van der Waals surface area contributed by atoms with E-state index in [1.165, 1.54) is 7.11 Å². The quantitative estimate of drug-likeness (QED) is 0.126. The minimum atomic E-state index is -0.941. The summed E-state index contributed by atoms with van der Waals surface area (Å²) in [7, 11) is 3.45. The molecule has 2 fully saturated rings. The predicted octanol–water partition coefficient (Wildman–Crippen LogP) is 5.19. The highest BCUT2D eigenvalue weighted by atomic mass is 32.2. The van der Waals surface area contributed by atoms with E-state index in [4.69, 9.17) is 9.47 Å². The van der Waals surface area contributed by atoms with Gasteiger partial charge in [0.15, 0.2) is 0 Å². The predicted molar refractivity (Wildman–Crippen MR) is 206 cm³/mol. The van der Waals surface area contributed by atoms with E-state index in [9.17, 15) is 9.59 Å². The minimum Gasteiger partial charge on any atom is -0.453 e. The monoisotopic (exact) mass is 723 g/mol. The number of hydrogen-bond donors (Lipinski definition) is 3. The maximum atomic E-state index is 14.2. The molecule has 52 heavy (non-hydrogen) atoms. The molecule has 4 atom stereocenters. The Morgan fingerprint density at radius 1 is 0.962 bits per heavy atom. The van der Waals surface area contributed by atoms with Gasteiger partial charge >= 0.3 is 6.09 Å². The Morgan fingerprint density at radius 2 is 1.63 bits per heavy atom. The van der Waals surface area contributed by atoms with Crippen LogP contribution in [0.4, 0.5) is 16.3 Å². The lowest BCUT2D eigenvalue weighted by molar-refractivity contribution is -0.118. The maximum absolute atomic E-state index is 14.2. The van der Waals surface area contributed by atoms with Crippen LogP contribution < -0.4 is 20.9 Å². The summed E-state index contributed by atoms with van der Waals surface area (Å²) in [6.45, 7) is 6.90. The van der Waals surface area contributed by atoms with Crippen molar-refractivity contribution >= 4 is 35.3 Å². The number of likely N-dealkylation sites (N-methyl/N-ethyl adjacent to an activating group) is 1. The molecule has 274 valence electrons. The van der Waals surface area contributed by atoms with Crippen LogP contribution in [0.5, 0.6) is 0 Å². The summed E-state index contributed by atoms with van der Waals surface area (Å²) in [4.78, 5) is 40.5. The summed E-state index contributed by atoms with van der Waals surface area (Å²) < 4.78 is 11.6. The molecule has 1 aromatic heterocycles. The van der Waals surface area contributed by atoms with E-state index in [2.05, 4.69) is 55.8 Å². The lowest BCUT2D eigenvalue weighted by atomic mass is 9.84. The Hall–Kier alpha value is -4.49. The Balaban J connectivity index is 1.10. The average molecular weight is 724 g/mol. The van der Waals surface area contributed by atoms with Gasteiger partial charge in [0.1, 0.15) is 23.2 Å². The van der Waals surface area contributed by atoms with Crippen LogP contribution in [0.2, 0.25) is 0 Å². The first-order valence-corrected chi connectivity index (χ1v) is 19.0. The molecular weight excluding hydrogens is 675 g/mol. The van der Waals surface area contributed by atoms with Crippen LogP contribution in [-0.2, 0) is 20.7 Å². The van der Waals surface area contributed by atoms with Crippen molar-refractivity contribution in [1.82, 2.24) is 25.5 Å². The molecule has 1 unspecified atom stereocenters. The fraction of sp³-hybridized carbons (Fsp3) is 0.400. The molecule has 0 spiro atoms. The zero-order chi connectivity index (χ0) is 36.3. The number of amides is 2. The number of para-hydroxylation sites is 1. The highest BCUT2D eigenvalue weighted by Gasteiger charge is 2.34. The standard InChI is InChI=1S/C40H49N7O4S/c1-28-34(26-52-36-24-35(42-27-43-36)47-22-20-46(2)21-23-47)51-32(25-41-28)19-18-29-12-10-11-17-33(29)44-39(48)38(45-40(49)50-3)37(30-13-6-4-7-14-30)31-15-8-5-9-16-31/h4-17,24,27-28,32,34,37-38,41H,18-23,25-26H2,1-3H3,(H,44,48)(H,45,49)/t28-,32-,34-,38?/m1/s1. The molecule has 0 aliphatic carbocycles. The summed E-state index contributed by atoms with van der Waals surface area (Å²) in [5, 5.41) is 10.6. The zero-order valence-electron chi connectivity index (χ0n) is 30.1. The van der Waals surface area contributed by atoms with Gasteiger partial charge in [-0.3, -0.25) is 4.79 Å². The number of ether oxygens (including phenoxy) is 2. The number of anilines is 2. The van der Waals surface area contributed by atoms with Crippen LogP contribution in [0.15, 0.2) is 102 Å². The van der Waals surface area contributed by atoms with Crippen molar-refractivity contribution in [2.24, 2.45) is 0 Å². The van der Waals surface area contributed by atoms with Crippen LogP contribution in [0.1, 0.15) is 36.0 Å². The van der Waals surface area contributed by atoms with Gasteiger partial charge in [0.05, 0.1) is 19.3 Å². The van der Waals surface area contributed by atoms with Gasteiger partial charge in [0.25, 0.3) is 0 Å². The van der Waals surface area contributed by atoms with Crippen LogP contribution in [0.3, 0.4) is 0 Å². The molecule has 3 heterocycles. The third-order valence-electron chi connectivity index (χ3n) is 9.85. The highest BCUT2D eigenvalue weighted by Crippen LogP contribution is 2.30. The molecule has 0 saturated carbocycles. The molecule has 2 amide bonds. The van der Waals surface area contributed by atoms with Crippen molar-refractivity contribution in [2.75, 3.05) is 62.9 Å². The molecule has 6 rings (SSSR count). The Morgan fingerprint density at radius 3 is 2.33 bits per heavy atom. The molecule has 0 bridgehead atoms. The van der Waals surface area contributed by atoms with E-state index in [1.807, 2.05) is 84.9 Å². The Bertz CT molecular complexity index is 1700. The number of benzene rings is 3. The number of methoxy groups -OCH3 is 1. The van der Waals surface area contributed by atoms with Gasteiger partial charge in [0, 0.05) is 62.2 Å². The second-order valence-electron chi connectivity index (χ2n) is 13.4. The van der Waals surface area contributed by atoms with Gasteiger partial charge in [-0.1, -0.05) is 78.9 Å². The Labute approximate surface area is 310 Å². The second-order valence-corrected chi connectivity index (χ2v) is 14.4. The molecule has 2 aliphatic rings. The van der Waals surface area contributed by atoms with E-state index < -0.39 is 18.1 Å². The molecule has 2 aliphatic heterocycles. The summed E-state index contributed by atoms with van der Waals surface area (Å²) in [6.07, 6.45) is 2.48. The number of alkyl carbamates (subject to hydrolysis) is 1. The lowest BCUT2D eigenvalue weighted by Gasteiger charge is -2.36. The molecule has 11 nitrogen and oxygen atoms in total. The average Bonchev–Trinajstić information content (AvgIpc) is 3.18. The van der Waals surface area contributed by atoms with Crippen molar-refractivity contribution in [3.63, 3.8) is 0 Å². The normalized spacial score (nSPS) is 19.9.